The predicted molar refractivity (Wildman–Crippen MR) is 98.3 cm³/mol. The molecule has 1 aliphatic carbocycles. The normalized spacial score (nSPS) is 29.4. The summed E-state index contributed by atoms with van der Waals surface area (Å²) < 4.78 is 0. The van der Waals surface area contributed by atoms with Gasteiger partial charge in [0, 0.05) is 18.7 Å². The number of anilines is 1. The second kappa shape index (κ2) is 6.68. The Morgan fingerprint density at radius 2 is 1.89 bits per heavy atom. The van der Waals surface area contributed by atoms with Gasteiger partial charge in [-0.1, -0.05) is 0 Å². The van der Waals surface area contributed by atoms with Gasteiger partial charge >= 0.3 is 0 Å². The highest BCUT2D eigenvalue weighted by molar-refractivity contribution is 6.23. The van der Waals surface area contributed by atoms with E-state index in [2.05, 4.69) is 10.6 Å². The number of hydrogen-bond donors (Lipinski definition) is 4. The van der Waals surface area contributed by atoms with E-state index in [9.17, 15) is 24.3 Å². The molecule has 5 N–H and O–H groups in total. The fraction of sp³-hybridized carbons (Fsp3) is 0.474. The van der Waals surface area contributed by atoms with Crippen LogP contribution in [0.15, 0.2) is 18.2 Å². The largest absolute Gasteiger partial charge is 0.388 e. The first-order valence-electron chi connectivity index (χ1n) is 9.33. The predicted octanol–water partition coefficient (Wildman–Crippen LogP) is -0.400. The number of hydrogen-bond acceptors (Lipinski definition) is 7. The van der Waals surface area contributed by atoms with Gasteiger partial charge in [0.2, 0.25) is 11.8 Å². The maximum atomic E-state index is 12.8. The van der Waals surface area contributed by atoms with Gasteiger partial charge < -0.3 is 16.2 Å². The van der Waals surface area contributed by atoms with Gasteiger partial charge in [0.1, 0.15) is 6.04 Å². The van der Waals surface area contributed by atoms with Crippen LogP contribution in [0, 0.1) is 5.92 Å². The molecule has 4 rings (SSSR count). The van der Waals surface area contributed by atoms with E-state index in [1.807, 2.05) is 0 Å². The molecule has 4 amide bonds. The van der Waals surface area contributed by atoms with E-state index >= 15 is 0 Å². The summed E-state index contributed by atoms with van der Waals surface area (Å²) in [4.78, 5) is 49.8. The van der Waals surface area contributed by atoms with Crippen molar-refractivity contribution in [2.45, 2.75) is 37.3 Å². The van der Waals surface area contributed by atoms with Crippen LogP contribution in [0.25, 0.3) is 0 Å². The van der Waals surface area contributed by atoms with Gasteiger partial charge in [0.25, 0.3) is 11.8 Å². The first kappa shape index (κ1) is 18.6. The average Bonchev–Trinajstić information content (AvgIpc) is 2.88. The first-order chi connectivity index (χ1) is 13.3. The maximum Gasteiger partial charge on any atom is 0.262 e. The minimum Gasteiger partial charge on any atom is -0.388 e. The van der Waals surface area contributed by atoms with Crippen molar-refractivity contribution in [3.8, 4) is 0 Å². The highest BCUT2D eigenvalue weighted by Gasteiger charge is 2.45. The summed E-state index contributed by atoms with van der Waals surface area (Å²) in [6.07, 6.45) is 1.46. The standard InChI is InChI=1S/C19H22N4O5/c20-8-10-6-19(28,7-10)9-21-11-1-2-12-13(5-11)18(27)23(17(12)26)14-3-4-15(24)22-16(14)25/h1-2,5,10,14,21,28H,3-4,6-9,20H2,(H,22,24,25). The zero-order valence-corrected chi connectivity index (χ0v) is 15.2. The van der Waals surface area contributed by atoms with Gasteiger partial charge in [-0.3, -0.25) is 29.4 Å². The molecule has 28 heavy (non-hydrogen) atoms. The van der Waals surface area contributed by atoms with Gasteiger partial charge in [0.15, 0.2) is 0 Å². The topological polar surface area (TPSA) is 142 Å². The fourth-order valence-corrected chi connectivity index (χ4v) is 4.17. The van der Waals surface area contributed by atoms with Gasteiger partial charge in [-0.2, -0.15) is 0 Å². The molecular weight excluding hydrogens is 364 g/mol. The Morgan fingerprint density at radius 3 is 2.57 bits per heavy atom. The lowest BCUT2D eigenvalue weighted by Gasteiger charge is -2.43. The van der Waals surface area contributed by atoms with Gasteiger partial charge in [0.05, 0.1) is 16.7 Å². The van der Waals surface area contributed by atoms with E-state index in [1.54, 1.807) is 12.1 Å². The summed E-state index contributed by atoms with van der Waals surface area (Å²) in [6, 6.07) is 3.78. The zero-order valence-electron chi connectivity index (χ0n) is 15.2. The van der Waals surface area contributed by atoms with Crippen LogP contribution in [0.5, 0.6) is 0 Å². The Labute approximate surface area is 161 Å². The summed E-state index contributed by atoms with van der Waals surface area (Å²) in [6.45, 7) is 0.870. The number of nitrogens with zero attached hydrogens (tertiary/aromatic N) is 1. The molecule has 1 saturated heterocycles. The molecule has 148 valence electrons. The molecule has 1 unspecified atom stereocenters. The number of piperidine rings is 1. The molecule has 1 aromatic carbocycles. The molecule has 9 heteroatoms. The lowest BCUT2D eigenvalue weighted by molar-refractivity contribution is -0.136. The Balaban J connectivity index is 1.48. The Bertz CT molecular complexity index is 877. The van der Waals surface area contributed by atoms with Crippen LogP contribution < -0.4 is 16.4 Å². The molecule has 2 aliphatic heterocycles. The monoisotopic (exact) mass is 386 g/mol. The van der Waals surface area contributed by atoms with Crippen molar-refractivity contribution in [3.05, 3.63) is 29.3 Å². The number of nitrogens with two attached hydrogens (primary N) is 1. The van der Waals surface area contributed by atoms with Gasteiger partial charge in [-0.25, -0.2) is 0 Å². The average molecular weight is 386 g/mol. The Morgan fingerprint density at radius 1 is 1.18 bits per heavy atom. The Kier molecular flexibility index (Phi) is 4.43. The quantitative estimate of drug-likeness (QED) is 0.504. The SMILES string of the molecule is NCC1CC(O)(CNc2ccc3c(c2)C(=O)N(C2CCC(=O)NC2=O)C3=O)C1. The molecule has 1 atom stereocenters. The Hall–Kier alpha value is -2.78. The van der Waals surface area contributed by atoms with Crippen molar-refractivity contribution in [1.29, 1.82) is 0 Å². The van der Waals surface area contributed by atoms with Crippen molar-refractivity contribution < 1.29 is 24.3 Å². The molecule has 9 nitrogen and oxygen atoms in total. The van der Waals surface area contributed by atoms with Crippen molar-refractivity contribution in [2.75, 3.05) is 18.4 Å². The summed E-state index contributed by atoms with van der Waals surface area (Å²) >= 11 is 0. The van der Waals surface area contributed by atoms with Crippen molar-refractivity contribution >= 4 is 29.3 Å². The minimum atomic E-state index is -0.981. The highest BCUT2D eigenvalue weighted by atomic mass is 16.3. The van der Waals surface area contributed by atoms with E-state index in [0.29, 0.717) is 37.5 Å². The molecule has 0 spiro atoms. The van der Waals surface area contributed by atoms with Crippen molar-refractivity contribution in [3.63, 3.8) is 0 Å². The number of aliphatic hydroxyl groups is 1. The summed E-state index contributed by atoms with van der Waals surface area (Å²) in [7, 11) is 0. The van der Waals surface area contributed by atoms with E-state index in [4.69, 9.17) is 5.73 Å². The molecule has 0 radical (unpaired) electrons. The third-order valence-electron chi connectivity index (χ3n) is 5.73. The van der Waals surface area contributed by atoms with Crippen molar-refractivity contribution in [1.82, 2.24) is 10.2 Å². The fourth-order valence-electron chi connectivity index (χ4n) is 4.17. The third-order valence-corrected chi connectivity index (χ3v) is 5.73. The molecule has 1 aromatic rings. The number of benzene rings is 1. The summed E-state index contributed by atoms with van der Waals surface area (Å²) in [5.41, 5.74) is 5.82. The van der Waals surface area contributed by atoms with Crippen LogP contribution >= 0.6 is 0 Å². The third kappa shape index (κ3) is 3.06. The number of amides is 4. The first-order valence-corrected chi connectivity index (χ1v) is 9.33. The number of rotatable bonds is 5. The molecule has 1 saturated carbocycles. The van der Waals surface area contributed by atoms with Crippen LogP contribution in [-0.4, -0.2) is 58.4 Å². The molecular formula is C19H22N4O5. The van der Waals surface area contributed by atoms with E-state index < -0.39 is 35.3 Å². The number of nitrogens with one attached hydrogen (secondary N) is 2. The summed E-state index contributed by atoms with van der Waals surface area (Å²) in [5.74, 6) is -1.80. The van der Waals surface area contributed by atoms with Gasteiger partial charge in [-0.05, 0) is 49.9 Å². The molecule has 2 heterocycles. The van der Waals surface area contributed by atoms with E-state index in [-0.39, 0.29) is 24.0 Å². The van der Waals surface area contributed by atoms with Crippen LogP contribution in [0.3, 0.4) is 0 Å². The lowest BCUT2D eigenvalue weighted by atomic mass is 9.71. The minimum absolute atomic E-state index is 0.0823. The van der Waals surface area contributed by atoms with Crippen LogP contribution in [0.2, 0.25) is 0 Å². The van der Waals surface area contributed by atoms with Crippen molar-refractivity contribution in [2.24, 2.45) is 11.7 Å². The van der Waals surface area contributed by atoms with Crippen LogP contribution in [0.1, 0.15) is 46.4 Å². The van der Waals surface area contributed by atoms with Crippen LogP contribution in [0.4, 0.5) is 5.69 Å². The molecule has 0 bridgehead atoms. The zero-order chi connectivity index (χ0) is 20.1. The molecule has 3 aliphatic rings. The maximum absolute atomic E-state index is 12.8. The number of carbonyl (C=O) groups is 4. The second-order valence-corrected chi connectivity index (χ2v) is 7.80. The lowest BCUT2D eigenvalue weighted by Crippen LogP contribution is -2.54. The second-order valence-electron chi connectivity index (χ2n) is 7.80. The smallest absolute Gasteiger partial charge is 0.262 e. The van der Waals surface area contributed by atoms with E-state index in [1.165, 1.54) is 6.07 Å². The van der Waals surface area contributed by atoms with E-state index in [0.717, 1.165) is 4.90 Å². The number of carbonyl (C=O) groups excluding carboxylic acids is 4. The van der Waals surface area contributed by atoms with Gasteiger partial charge in [-0.15, -0.1) is 0 Å². The molecule has 2 fully saturated rings. The number of fused-ring (bicyclic) bond motifs is 1. The van der Waals surface area contributed by atoms with Crippen LogP contribution in [-0.2, 0) is 9.59 Å². The highest BCUT2D eigenvalue weighted by Crippen LogP contribution is 2.37. The molecule has 0 aromatic heterocycles. The summed E-state index contributed by atoms with van der Waals surface area (Å²) in [5, 5.41) is 15.7. The number of imide groups is 2.